The SMILES string of the molecule is CCCC(=O)ONC1CC1. The molecule has 1 saturated carbocycles. The normalized spacial score (nSPS) is 16.9. The molecule has 0 bridgehead atoms. The van der Waals surface area contributed by atoms with Gasteiger partial charge in [0.1, 0.15) is 0 Å². The zero-order valence-corrected chi connectivity index (χ0v) is 6.22. The standard InChI is InChI=1S/C7H13NO2/c1-2-3-7(9)10-8-6-4-5-6/h6,8H,2-5H2,1H3. The first-order chi connectivity index (χ1) is 4.83. The molecule has 0 saturated heterocycles. The highest BCUT2D eigenvalue weighted by atomic mass is 16.7. The zero-order chi connectivity index (χ0) is 7.40. The predicted molar refractivity (Wildman–Crippen MR) is 37.2 cm³/mol. The molecule has 0 aromatic heterocycles. The van der Waals surface area contributed by atoms with Crippen molar-refractivity contribution in [1.29, 1.82) is 0 Å². The average Bonchev–Trinajstić information content (AvgIpc) is 2.67. The van der Waals surface area contributed by atoms with Crippen LogP contribution in [0.15, 0.2) is 0 Å². The summed E-state index contributed by atoms with van der Waals surface area (Å²) in [6, 6.07) is 0.445. The van der Waals surface area contributed by atoms with Crippen molar-refractivity contribution in [2.24, 2.45) is 0 Å². The van der Waals surface area contributed by atoms with Crippen molar-refractivity contribution in [3.8, 4) is 0 Å². The van der Waals surface area contributed by atoms with Gasteiger partial charge >= 0.3 is 5.97 Å². The maximum Gasteiger partial charge on any atom is 0.324 e. The van der Waals surface area contributed by atoms with Crippen molar-refractivity contribution in [2.45, 2.75) is 38.6 Å². The van der Waals surface area contributed by atoms with Gasteiger partial charge in [0, 0.05) is 12.5 Å². The van der Waals surface area contributed by atoms with E-state index in [-0.39, 0.29) is 5.97 Å². The summed E-state index contributed by atoms with van der Waals surface area (Å²) in [5.41, 5.74) is 2.69. The molecule has 1 aliphatic carbocycles. The molecule has 0 amide bonds. The van der Waals surface area contributed by atoms with E-state index in [9.17, 15) is 4.79 Å². The lowest BCUT2D eigenvalue weighted by molar-refractivity contribution is -0.151. The molecule has 0 aromatic rings. The van der Waals surface area contributed by atoms with E-state index in [0.29, 0.717) is 12.5 Å². The molecule has 3 nitrogen and oxygen atoms in total. The highest BCUT2D eigenvalue weighted by Crippen LogP contribution is 2.18. The van der Waals surface area contributed by atoms with E-state index >= 15 is 0 Å². The van der Waals surface area contributed by atoms with Crippen molar-refractivity contribution in [3.63, 3.8) is 0 Å². The molecule has 1 fully saturated rings. The monoisotopic (exact) mass is 143 g/mol. The van der Waals surface area contributed by atoms with Crippen LogP contribution < -0.4 is 5.48 Å². The number of nitrogens with one attached hydrogen (secondary N) is 1. The fraction of sp³-hybridized carbons (Fsp3) is 0.857. The van der Waals surface area contributed by atoms with Crippen LogP contribution in [0.2, 0.25) is 0 Å². The third-order valence-corrected chi connectivity index (χ3v) is 1.37. The molecule has 0 aliphatic heterocycles. The van der Waals surface area contributed by atoms with Crippen LogP contribution in [-0.4, -0.2) is 12.0 Å². The lowest BCUT2D eigenvalue weighted by atomic mass is 10.3. The van der Waals surface area contributed by atoms with E-state index in [0.717, 1.165) is 19.3 Å². The van der Waals surface area contributed by atoms with Crippen molar-refractivity contribution >= 4 is 5.97 Å². The van der Waals surface area contributed by atoms with Crippen LogP contribution in [0.5, 0.6) is 0 Å². The van der Waals surface area contributed by atoms with E-state index in [1.54, 1.807) is 0 Å². The molecule has 1 aliphatic rings. The summed E-state index contributed by atoms with van der Waals surface area (Å²) in [5.74, 6) is -0.144. The molecule has 3 heteroatoms. The third-order valence-electron chi connectivity index (χ3n) is 1.37. The smallest absolute Gasteiger partial charge is 0.324 e. The highest BCUT2D eigenvalue weighted by Gasteiger charge is 2.22. The van der Waals surface area contributed by atoms with E-state index in [1.165, 1.54) is 0 Å². The molecule has 0 radical (unpaired) electrons. The summed E-state index contributed by atoms with van der Waals surface area (Å²) < 4.78 is 0. The first kappa shape index (κ1) is 7.54. The fourth-order valence-corrected chi connectivity index (χ4v) is 0.605. The first-order valence-electron chi connectivity index (χ1n) is 3.78. The van der Waals surface area contributed by atoms with E-state index in [2.05, 4.69) is 5.48 Å². The summed E-state index contributed by atoms with van der Waals surface area (Å²) in [5, 5.41) is 0. The maximum absolute atomic E-state index is 10.7. The molecule has 0 unspecified atom stereocenters. The Morgan fingerprint density at radius 2 is 2.40 bits per heavy atom. The van der Waals surface area contributed by atoms with Gasteiger partial charge in [0.2, 0.25) is 0 Å². The average molecular weight is 143 g/mol. The van der Waals surface area contributed by atoms with Crippen molar-refractivity contribution in [3.05, 3.63) is 0 Å². The summed E-state index contributed by atoms with van der Waals surface area (Å²) in [6.07, 6.45) is 3.64. The van der Waals surface area contributed by atoms with Gasteiger partial charge in [-0.1, -0.05) is 6.92 Å². The summed E-state index contributed by atoms with van der Waals surface area (Å²) in [7, 11) is 0. The molecule has 0 atom stereocenters. The van der Waals surface area contributed by atoms with E-state index < -0.39 is 0 Å². The Hall–Kier alpha value is -0.570. The Balaban J connectivity index is 1.94. The minimum absolute atomic E-state index is 0.144. The number of hydrogen-bond donors (Lipinski definition) is 1. The molecule has 0 heterocycles. The van der Waals surface area contributed by atoms with Gasteiger partial charge in [0.05, 0.1) is 0 Å². The van der Waals surface area contributed by atoms with Gasteiger partial charge < -0.3 is 4.84 Å². The first-order valence-corrected chi connectivity index (χ1v) is 3.78. The molecule has 0 aromatic carbocycles. The van der Waals surface area contributed by atoms with Gasteiger partial charge in [0.25, 0.3) is 0 Å². The van der Waals surface area contributed by atoms with E-state index in [1.807, 2.05) is 6.92 Å². The second-order valence-electron chi connectivity index (χ2n) is 2.62. The number of rotatable bonds is 4. The van der Waals surface area contributed by atoms with Crippen molar-refractivity contribution in [2.75, 3.05) is 0 Å². The minimum atomic E-state index is -0.144. The van der Waals surface area contributed by atoms with Gasteiger partial charge in [-0.25, -0.2) is 0 Å². The number of carbonyl (C=O) groups excluding carboxylic acids is 1. The van der Waals surface area contributed by atoms with Crippen LogP contribution in [0.25, 0.3) is 0 Å². The van der Waals surface area contributed by atoms with Crippen LogP contribution in [0.1, 0.15) is 32.6 Å². The lowest BCUT2D eigenvalue weighted by Crippen LogP contribution is -2.21. The van der Waals surface area contributed by atoms with Crippen LogP contribution in [-0.2, 0) is 9.63 Å². The van der Waals surface area contributed by atoms with Crippen molar-refractivity contribution in [1.82, 2.24) is 5.48 Å². The second-order valence-corrected chi connectivity index (χ2v) is 2.62. The Bertz CT molecular complexity index is 121. The largest absolute Gasteiger partial charge is 0.370 e. The number of hydrogen-bond acceptors (Lipinski definition) is 3. The van der Waals surface area contributed by atoms with Gasteiger partial charge in [-0.15, -0.1) is 0 Å². The molecular formula is C7H13NO2. The topological polar surface area (TPSA) is 38.3 Å². The third kappa shape index (κ3) is 2.82. The molecular weight excluding hydrogens is 130 g/mol. The molecule has 0 spiro atoms. The maximum atomic E-state index is 10.7. The predicted octanol–water partition coefficient (Wildman–Crippen LogP) is 0.997. The fourth-order valence-electron chi connectivity index (χ4n) is 0.605. The molecule has 1 rings (SSSR count). The lowest BCUT2D eigenvalue weighted by Gasteiger charge is -2.01. The van der Waals surface area contributed by atoms with E-state index in [4.69, 9.17) is 4.84 Å². The Morgan fingerprint density at radius 3 is 2.90 bits per heavy atom. The number of hydroxylamine groups is 1. The van der Waals surface area contributed by atoms with Crippen LogP contribution in [0.4, 0.5) is 0 Å². The molecule has 58 valence electrons. The zero-order valence-electron chi connectivity index (χ0n) is 6.22. The van der Waals surface area contributed by atoms with Gasteiger partial charge in [-0.3, -0.25) is 4.79 Å². The van der Waals surface area contributed by atoms with Crippen molar-refractivity contribution < 1.29 is 9.63 Å². The highest BCUT2D eigenvalue weighted by molar-refractivity contribution is 5.68. The van der Waals surface area contributed by atoms with Gasteiger partial charge in [0.15, 0.2) is 0 Å². The van der Waals surface area contributed by atoms with Crippen LogP contribution >= 0.6 is 0 Å². The molecule has 1 N–H and O–H groups in total. The summed E-state index contributed by atoms with van der Waals surface area (Å²) >= 11 is 0. The Morgan fingerprint density at radius 1 is 1.70 bits per heavy atom. The van der Waals surface area contributed by atoms with Gasteiger partial charge in [-0.05, 0) is 19.3 Å². The number of carbonyl (C=O) groups is 1. The summed E-state index contributed by atoms with van der Waals surface area (Å²) in [6.45, 7) is 1.96. The Labute approximate surface area is 60.7 Å². The van der Waals surface area contributed by atoms with Crippen LogP contribution in [0, 0.1) is 0 Å². The Kier molecular flexibility index (Phi) is 2.68. The van der Waals surface area contributed by atoms with Crippen LogP contribution in [0.3, 0.4) is 0 Å². The quantitative estimate of drug-likeness (QED) is 0.596. The summed E-state index contributed by atoms with van der Waals surface area (Å²) in [4.78, 5) is 15.4. The minimum Gasteiger partial charge on any atom is -0.370 e. The second kappa shape index (κ2) is 3.56. The van der Waals surface area contributed by atoms with Gasteiger partial charge in [-0.2, -0.15) is 5.48 Å². The molecule has 10 heavy (non-hydrogen) atoms.